The van der Waals surface area contributed by atoms with E-state index in [2.05, 4.69) is 4.98 Å². The Morgan fingerprint density at radius 2 is 1.83 bits per heavy atom. The maximum absolute atomic E-state index is 13.0. The van der Waals surface area contributed by atoms with E-state index in [4.69, 9.17) is 9.47 Å². The van der Waals surface area contributed by atoms with Gasteiger partial charge in [-0.1, -0.05) is 18.2 Å². The fourth-order valence-corrected chi connectivity index (χ4v) is 2.60. The highest BCUT2D eigenvalue weighted by atomic mass is 19.1. The summed E-state index contributed by atoms with van der Waals surface area (Å²) >= 11 is 0. The molecule has 3 aromatic rings. The molecule has 0 bridgehead atoms. The fourth-order valence-electron chi connectivity index (χ4n) is 2.60. The first-order chi connectivity index (χ1) is 11.6. The van der Waals surface area contributed by atoms with Crippen LogP contribution < -0.4 is 4.74 Å². The van der Waals surface area contributed by atoms with Crippen molar-refractivity contribution in [2.24, 2.45) is 0 Å². The molecule has 0 radical (unpaired) electrons. The van der Waals surface area contributed by atoms with Crippen molar-refractivity contribution in [2.75, 3.05) is 7.11 Å². The van der Waals surface area contributed by atoms with Gasteiger partial charge in [-0.25, -0.2) is 14.2 Å². The van der Waals surface area contributed by atoms with Gasteiger partial charge < -0.3 is 9.47 Å². The molecule has 0 saturated carbocycles. The number of aromatic nitrogens is 1. The number of para-hydroxylation sites is 1. The molecule has 0 aliphatic heterocycles. The lowest BCUT2D eigenvalue weighted by Crippen LogP contribution is -2.13. The monoisotopic (exact) mass is 325 g/mol. The molecule has 0 saturated heterocycles. The van der Waals surface area contributed by atoms with E-state index in [1.54, 1.807) is 0 Å². The molecule has 4 nitrogen and oxygen atoms in total. The van der Waals surface area contributed by atoms with Crippen LogP contribution in [0.4, 0.5) is 4.39 Å². The van der Waals surface area contributed by atoms with E-state index in [0.29, 0.717) is 17.0 Å². The average Bonchev–Trinajstić information content (AvgIpc) is 2.61. The molecule has 0 aliphatic rings. The third-order valence-corrected chi connectivity index (χ3v) is 3.81. The second-order valence-electron chi connectivity index (χ2n) is 5.31. The van der Waals surface area contributed by atoms with E-state index in [9.17, 15) is 9.18 Å². The summed E-state index contributed by atoms with van der Waals surface area (Å²) in [5.41, 5.74) is 2.46. The number of aryl methyl sites for hydroxylation is 1. The van der Waals surface area contributed by atoms with Crippen LogP contribution in [-0.4, -0.2) is 18.1 Å². The summed E-state index contributed by atoms with van der Waals surface area (Å²) in [4.78, 5) is 16.7. The van der Waals surface area contributed by atoms with Crippen molar-refractivity contribution in [3.05, 3.63) is 71.2 Å². The van der Waals surface area contributed by atoms with Gasteiger partial charge in [0.25, 0.3) is 0 Å². The van der Waals surface area contributed by atoms with Gasteiger partial charge in [0.15, 0.2) is 0 Å². The predicted molar refractivity (Wildman–Crippen MR) is 88.6 cm³/mol. The van der Waals surface area contributed by atoms with Gasteiger partial charge in [0.1, 0.15) is 18.2 Å². The molecule has 0 spiro atoms. The van der Waals surface area contributed by atoms with Gasteiger partial charge in [-0.05, 0) is 42.8 Å². The van der Waals surface area contributed by atoms with Crippen molar-refractivity contribution >= 4 is 16.9 Å². The van der Waals surface area contributed by atoms with Crippen LogP contribution in [0.25, 0.3) is 10.9 Å². The van der Waals surface area contributed by atoms with Gasteiger partial charge >= 0.3 is 5.97 Å². The van der Waals surface area contributed by atoms with Crippen molar-refractivity contribution in [3.8, 4) is 5.75 Å². The largest absolute Gasteiger partial charge is 0.487 e. The number of pyridine rings is 1. The Bertz CT molecular complexity index is 891. The van der Waals surface area contributed by atoms with E-state index in [-0.39, 0.29) is 12.4 Å². The normalized spacial score (nSPS) is 10.6. The van der Waals surface area contributed by atoms with Gasteiger partial charge in [0, 0.05) is 5.39 Å². The Morgan fingerprint density at radius 1 is 1.12 bits per heavy atom. The number of hydrogen-bond acceptors (Lipinski definition) is 4. The molecule has 1 heterocycles. The molecule has 2 aromatic carbocycles. The van der Waals surface area contributed by atoms with E-state index >= 15 is 0 Å². The molecule has 0 atom stereocenters. The number of carbonyl (C=O) groups is 1. The van der Waals surface area contributed by atoms with Crippen molar-refractivity contribution in [1.82, 2.24) is 4.98 Å². The van der Waals surface area contributed by atoms with Crippen LogP contribution in [0.5, 0.6) is 5.75 Å². The topological polar surface area (TPSA) is 48.4 Å². The fraction of sp³-hybridized carbons (Fsp3) is 0.158. The predicted octanol–water partition coefficient (Wildman–Crippen LogP) is 4.05. The van der Waals surface area contributed by atoms with Crippen LogP contribution >= 0.6 is 0 Å². The molecule has 0 fully saturated rings. The number of halogens is 1. The number of fused-ring (bicyclic) bond motifs is 1. The van der Waals surface area contributed by atoms with E-state index < -0.39 is 5.97 Å². The summed E-state index contributed by atoms with van der Waals surface area (Å²) in [6.45, 7) is 1.94. The molecular formula is C19H16FNO3. The Morgan fingerprint density at radius 3 is 2.54 bits per heavy atom. The van der Waals surface area contributed by atoms with E-state index in [1.165, 1.54) is 31.4 Å². The molecule has 1 aromatic heterocycles. The van der Waals surface area contributed by atoms with Crippen molar-refractivity contribution in [2.45, 2.75) is 13.5 Å². The minimum Gasteiger partial charge on any atom is -0.487 e. The summed E-state index contributed by atoms with van der Waals surface area (Å²) in [5.74, 6) is -0.291. The van der Waals surface area contributed by atoms with Gasteiger partial charge in [0.05, 0.1) is 23.9 Å². The molecule has 0 aliphatic carbocycles. The second-order valence-corrected chi connectivity index (χ2v) is 5.31. The maximum atomic E-state index is 13.0. The van der Waals surface area contributed by atoms with Gasteiger partial charge in [-0.3, -0.25) is 0 Å². The average molecular weight is 325 g/mol. The number of esters is 1. The standard InChI is InChI=1S/C19H16FNO3/c1-12-15-5-3-4-6-16(15)21-17(18(12)19(22)23-2)11-24-14-9-7-13(20)8-10-14/h3-10H,11H2,1-2H3. The molecule has 5 heteroatoms. The number of methoxy groups -OCH3 is 1. The number of benzene rings is 2. The SMILES string of the molecule is COC(=O)c1c(COc2ccc(F)cc2)nc2ccccc2c1C. The third-order valence-electron chi connectivity index (χ3n) is 3.81. The molecule has 3 rings (SSSR count). The third kappa shape index (κ3) is 3.06. The smallest absolute Gasteiger partial charge is 0.340 e. The Kier molecular flexibility index (Phi) is 4.42. The zero-order valence-corrected chi connectivity index (χ0v) is 13.4. The van der Waals surface area contributed by atoms with Crippen LogP contribution in [0.2, 0.25) is 0 Å². The Labute approximate surface area is 138 Å². The van der Waals surface area contributed by atoms with E-state index in [0.717, 1.165) is 16.5 Å². The lowest BCUT2D eigenvalue weighted by Gasteiger charge is -2.14. The van der Waals surface area contributed by atoms with Gasteiger partial charge in [-0.2, -0.15) is 0 Å². The lowest BCUT2D eigenvalue weighted by atomic mass is 10.0. The van der Waals surface area contributed by atoms with Crippen LogP contribution in [0, 0.1) is 12.7 Å². The van der Waals surface area contributed by atoms with Crippen LogP contribution in [0.3, 0.4) is 0 Å². The summed E-state index contributed by atoms with van der Waals surface area (Å²) in [5, 5.41) is 0.892. The Hall–Kier alpha value is -2.95. The van der Waals surface area contributed by atoms with Crippen LogP contribution in [-0.2, 0) is 11.3 Å². The summed E-state index contributed by atoms with van der Waals surface area (Å²) in [6.07, 6.45) is 0. The van der Waals surface area contributed by atoms with Gasteiger partial charge in [0.2, 0.25) is 0 Å². The van der Waals surface area contributed by atoms with Crippen molar-refractivity contribution < 1.29 is 18.7 Å². The summed E-state index contributed by atoms with van der Waals surface area (Å²) < 4.78 is 23.5. The quantitative estimate of drug-likeness (QED) is 0.679. The molecule has 0 N–H and O–H groups in total. The van der Waals surface area contributed by atoms with Crippen LogP contribution in [0.15, 0.2) is 48.5 Å². The van der Waals surface area contributed by atoms with Crippen LogP contribution in [0.1, 0.15) is 21.6 Å². The number of ether oxygens (including phenoxy) is 2. The number of rotatable bonds is 4. The maximum Gasteiger partial charge on any atom is 0.340 e. The van der Waals surface area contributed by atoms with Crippen molar-refractivity contribution in [3.63, 3.8) is 0 Å². The number of hydrogen-bond donors (Lipinski definition) is 0. The lowest BCUT2D eigenvalue weighted by molar-refractivity contribution is 0.0596. The highest BCUT2D eigenvalue weighted by Crippen LogP contribution is 2.24. The highest BCUT2D eigenvalue weighted by Gasteiger charge is 2.19. The zero-order chi connectivity index (χ0) is 17.1. The zero-order valence-electron chi connectivity index (χ0n) is 13.4. The first-order valence-electron chi connectivity index (χ1n) is 7.45. The first kappa shape index (κ1) is 15.9. The summed E-state index contributed by atoms with van der Waals surface area (Å²) in [6, 6.07) is 13.3. The molecule has 122 valence electrons. The minimum atomic E-state index is -0.455. The first-order valence-corrected chi connectivity index (χ1v) is 7.45. The van der Waals surface area contributed by atoms with Gasteiger partial charge in [-0.15, -0.1) is 0 Å². The molecular weight excluding hydrogens is 309 g/mol. The van der Waals surface area contributed by atoms with Crippen molar-refractivity contribution in [1.29, 1.82) is 0 Å². The summed E-state index contributed by atoms with van der Waals surface area (Å²) in [7, 11) is 1.33. The highest BCUT2D eigenvalue weighted by molar-refractivity contribution is 5.98. The number of carbonyl (C=O) groups excluding carboxylic acids is 1. The molecule has 0 unspecified atom stereocenters. The second kappa shape index (κ2) is 6.66. The minimum absolute atomic E-state index is 0.0851. The molecule has 0 amide bonds. The van der Waals surface area contributed by atoms with E-state index in [1.807, 2.05) is 31.2 Å². The Balaban J connectivity index is 2.01. The number of nitrogens with zero attached hydrogens (tertiary/aromatic N) is 1. The molecule has 24 heavy (non-hydrogen) atoms.